The molecule has 1 N–H and O–H groups in total. The van der Waals surface area contributed by atoms with E-state index in [1.54, 1.807) is 32.2 Å². The van der Waals surface area contributed by atoms with Crippen LogP contribution in [-0.2, 0) is 23.5 Å². The molecule has 176 valence electrons. The number of carbonyl (C=O) groups is 1. The van der Waals surface area contributed by atoms with Gasteiger partial charge in [-0.15, -0.1) is 0 Å². The van der Waals surface area contributed by atoms with Gasteiger partial charge in [-0.25, -0.2) is 9.97 Å². The number of pyridine rings is 1. The zero-order valence-electron chi connectivity index (χ0n) is 19.6. The number of hydrogen-bond acceptors (Lipinski definition) is 6. The molecule has 0 aliphatic rings. The van der Waals surface area contributed by atoms with E-state index < -0.39 is 0 Å². The summed E-state index contributed by atoms with van der Waals surface area (Å²) in [4.78, 5) is 22.0. The van der Waals surface area contributed by atoms with Crippen LogP contribution in [0.5, 0.6) is 11.5 Å². The van der Waals surface area contributed by atoms with E-state index >= 15 is 0 Å². The Balaban J connectivity index is 1.41. The number of aryl methyl sites for hydroxylation is 1. The second kappa shape index (κ2) is 11.1. The van der Waals surface area contributed by atoms with Crippen LogP contribution in [0.15, 0.2) is 66.0 Å². The topological polar surface area (TPSA) is 78.3 Å². The van der Waals surface area contributed by atoms with Gasteiger partial charge in [0.05, 0.1) is 14.2 Å². The number of fused-ring (bicyclic) bond motifs is 1. The van der Waals surface area contributed by atoms with Gasteiger partial charge < -0.3 is 14.8 Å². The summed E-state index contributed by atoms with van der Waals surface area (Å²) >= 11 is 1.61. The summed E-state index contributed by atoms with van der Waals surface area (Å²) < 4.78 is 12.5. The molecule has 8 heteroatoms. The van der Waals surface area contributed by atoms with E-state index in [1.807, 2.05) is 34.9 Å². The minimum atomic E-state index is -0.0809. The number of ether oxygens (including phenoxy) is 2. The van der Waals surface area contributed by atoms with Crippen LogP contribution in [-0.4, -0.2) is 41.2 Å². The van der Waals surface area contributed by atoms with E-state index in [1.165, 1.54) is 11.1 Å². The quantitative estimate of drug-likeness (QED) is 0.342. The Bertz CT molecular complexity index is 1270. The van der Waals surface area contributed by atoms with E-state index in [0.29, 0.717) is 30.1 Å². The summed E-state index contributed by atoms with van der Waals surface area (Å²) in [7, 11) is 3.22. The van der Waals surface area contributed by atoms with Crippen molar-refractivity contribution in [2.24, 2.45) is 0 Å². The summed E-state index contributed by atoms with van der Waals surface area (Å²) in [5.41, 5.74) is 4.99. The van der Waals surface area contributed by atoms with Crippen LogP contribution in [0.2, 0.25) is 0 Å². The first-order valence-corrected chi connectivity index (χ1v) is 12.0. The SMILES string of the molecule is COc1ccc(CCNC(=O)Cn2c(SCc3ccc(C)cc3)nc3cccnc32)cc1OC. The molecule has 2 aromatic heterocycles. The molecule has 0 atom stereocenters. The highest BCUT2D eigenvalue weighted by atomic mass is 32.2. The maximum atomic E-state index is 12.8. The van der Waals surface area contributed by atoms with E-state index in [4.69, 9.17) is 14.5 Å². The Morgan fingerprint density at radius 1 is 1.03 bits per heavy atom. The molecule has 1 amide bonds. The van der Waals surface area contributed by atoms with E-state index in [-0.39, 0.29) is 12.5 Å². The lowest BCUT2D eigenvalue weighted by atomic mass is 10.1. The van der Waals surface area contributed by atoms with E-state index in [0.717, 1.165) is 22.0 Å². The third kappa shape index (κ3) is 5.69. The van der Waals surface area contributed by atoms with Gasteiger partial charge in [0.25, 0.3) is 0 Å². The average Bonchev–Trinajstić information content (AvgIpc) is 3.20. The smallest absolute Gasteiger partial charge is 0.240 e. The number of rotatable bonds is 10. The summed E-state index contributed by atoms with van der Waals surface area (Å²) in [5, 5.41) is 3.79. The largest absolute Gasteiger partial charge is 0.493 e. The summed E-state index contributed by atoms with van der Waals surface area (Å²) in [6.07, 6.45) is 2.41. The number of carbonyl (C=O) groups excluding carboxylic acids is 1. The Kier molecular flexibility index (Phi) is 7.69. The molecule has 0 aliphatic heterocycles. The fourth-order valence-corrected chi connectivity index (χ4v) is 4.56. The van der Waals surface area contributed by atoms with Gasteiger partial charge in [-0.1, -0.05) is 47.7 Å². The molecule has 0 unspecified atom stereocenters. The lowest BCUT2D eigenvalue weighted by Crippen LogP contribution is -2.29. The van der Waals surface area contributed by atoms with Crippen molar-refractivity contribution in [3.8, 4) is 11.5 Å². The van der Waals surface area contributed by atoms with Crippen LogP contribution in [0, 0.1) is 6.92 Å². The highest BCUT2D eigenvalue weighted by Crippen LogP contribution is 2.28. The normalized spacial score (nSPS) is 10.9. The van der Waals surface area contributed by atoms with Crippen molar-refractivity contribution in [1.29, 1.82) is 0 Å². The molecule has 4 aromatic rings. The number of hydrogen-bond donors (Lipinski definition) is 1. The summed E-state index contributed by atoms with van der Waals surface area (Å²) in [6.45, 7) is 2.75. The van der Waals surface area contributed by atoms with Crippen molar-refractivity contribution in [2.45, 2.75) is 30.8 Å². The van der Waals surface area contributed by atoms with Crippen molar-refractivity contribution in [3.63, 3.8) is 0 Å². The van der Waals surface area contributed by atoms with Gasteiger partial charge in [0.2, 0.25) is 5.91 Å². The predicted molar refractivity (Wildman–Crippen MR) is 135 cm³/mol. The van der Waals surface area contributed by atoms with Crippen LogP contribution in [0.4, 0.5) is 0 Å². The van der Waals surface area contributed by atoms with Crippen LogP contribution < -0.4 is 14.8 Å². The van der Waals surface area contributed by atoms with Gasteiger partial charge in [0, 0.05) is 18.5 Å². The number of aromatic nitrogens is 3. The third-order valence-corrected chi connectivity index (χ3v) is 6.49. The van der Waals surface area contributed by atoms with Crippen molar-refractivity contribution in [2.75, 3.05) is 20.8 Å². The minimum Gasteiger partial charge on any atom is -0.493 e. The van der Waals surface area contributed by atoms with Gasteiger partial charge in [0.1, 0.15) is 12.1 Å². The Morgan fingerprint density at radius 2 is 1.79 bits per heavy atom. The van der Waals surface area contributed by atoms with Crippen molar-refractivity contribution in [3.05, 3.63) is 77.5 Å². The first-order chi connectivity index (χ1) is 16.6. The highest BCUT2D eigenvalue weighted by Gasteiger charge is 2.15. The molecule has 0 radical (unpaired) electrons. The molecule has 0 aliphatic carbocycles. The molecule has 4 rings (SSSR count). The fraction of sp³-hybridized carbons (Fsp3) is 0.269. The number of thioether (sulfide) groups is 1. The maximum absolute atomic E-state index is 12.8. The van der Waals surface area contributed by atoms with Crippen LogP contribution in [0.3, 0.4) is 0 Å². The van der Waals surface area contributed by atoms with Crippen LogP contribution in [0.25, 0.3) is 11.2 Å². The number of nitrogens with one attached hydrogen (secondary N) is 1. The molecule has 0 saturated carbocycles. The lowest BCUT2D eigenvalue weighted by Gasteiger charge is -2.11. The van der Waals surface area contributed by atoms with E-state index in [2.05, 4.69) is 41.5 Å². The molecule has 0 fully saturated rings. The van der Waals surface area contributed by atoms with E-state index in [9.17, 15) is 4.79 Å². The summed E-state index contributed by atoms with van der Waals surface area (Å²) in [5.74, 6) is 2.05. The van der Waals surface area contributed by atoms with Gasteiger partial charge in [-0.2, -0.15) is 0 Å². The zero-order valence-corrected chi connectivity index (χ0v) is 20.4. The van der Waals surface area contributed by atoms with Gasteiger partial charge in [-0.3, -0.25) is 9.36 Å². The standard InChI is InChI=1S/C26H28N4O3S/c1-18-6-8-20(9-7-18)17-34-26-29-21-5-4-13-28-25(21)30(26)16-24(31)27-14-12-19-10-11-22(32-2)23(15-19)33-3/h4-11,13,15H,12,14,16-17H2,1-3H3,(H,27,31). The average molecular weight is 477 g/mol. The number of amides is 1. The molecule has 34 heavy (non-hydrogen) atoms. The second-order valence-corrected chi connectivity index (χ2v) is 8.83. The monoisotopic (exact) mass is 476 g/mol. The van der Waals surface area contributed by atoms with Crippen LogP contribution >= 0.6 is 11.8 Å². The van der Waals surface area contributed by atoms with Crippen molar-refractivity contribution >= 4 is 28.8 Å². The molecule has 0 spiro atoms. The Labute approximate surface area is 203 Å². The first-order valence-electron chi connectivity index (χ1n) is 11.0. The Morgan fingerprint density at radius 3 is 2.56 bits per heavy atom. The highest BCUT2D eigenvalue weighted by molar-refractivity contribution is 7.98. The minimum absolute atomic E-state index is 0.0809. The third-order valence-electron chi connectivity index (χ3n) is 5.44. The number of nitrogens with zero attached hydrogens (tertiary/aromatic N) is 3. The van der Waals surface area contributed by atoms with Gasteiger partial charge in [-0.05, 0) is 48.7 Å². The van der Waals surface area contributed by atoms with Crippen molar-refractivity contribution in [1.82, 2.24) is 19.9 Å². The molecule has 2 aromatic carbocycles. The predicted octanol–water partition coefficient (Wildman–Crippen LogP) is 4.41. The Hall–Kier alpha value is -3.52. The number of benzene rings is 2. The molecule has 7 nitrogen and oxygen atoms in total. The number of imidazole rings is 1. The van der Waals surface area contributed by atoms with Gasteiger partial charge in [0.15, 0.2) is 22.3 Å². The van der Waals surface area contributed by atoms with Crippen molar-refractivity contribution < 1.29 is 14.3 Å². The van der Waals surface area contributed by atoms with Crippen LogP contribution in [0.1, 0.15) is 16.7 Å². The molecule has 0 bridgehead atoms. The first kappa shape index (κ1) is 23.6. The zero-order chi connectivity index (χ0) is 23.9. The second-order valence-electron chi connectivity index (χ2n) is 7.89. The molecule has 0 saturated heterocycles. The molecular formula is C26H28N4O3S. The summed E-state index contributed by atoms with van der Waals surface area (Å²) in [6, 6.07) is 18.0. The molecule has 2 heterocycles. The number of methoxy groups -OCH3 is 2. The lowest BCUT2D eigenvalue weighted by molar-refractivity contribution is -0.121. The van der Waals surface area contributed by atoms with Gasteiger partial charge >= 0.3 is 0 Å². The fourth-order valence-electron chi connectivity index (χ4n) is 3.60. The maximum Gasteiger partial charge on any atom is 0.240 e. The molecular weight excluding hydrogens is 448 g/mol.